The zero-order chi connectivity index (χ0) is 25.4. The van der Waals surface area contributed by atoms with Crippen LogP contribution in [0.25, 0.3) is 0 Å². The van der Waals surface area contributed by atoms with Crippen LogP contribution in [0, 0.1) is 17.8 Å². The fourth-order valence-corrected chi connectivity index (χ4v) is 5.07. The minimum Gasteiger partial charge on any atom is -0.462 e. The molecule has 3 atom stereocenters. The number of rotatable bonds is 25. The molecule has 3 unspecified atom stereocenters. The van der Waals surface area contributed by atoms with E-state index in [1.165, 1.54) is 128 Å². The van der Waals surface area contributed by atoms with E-state index in [2.05, 4.69) is 34.3 Å². The largest absolute Gasteiger partial charge is 0.462 e. The second kappa shape index (κ2) is 23.9. The monoisotopic (exact) mass is 478 g/mol. The van der Waals surface area contributed by atoms with Crippen molar-refractivity contribution in [2.45, 2.75) is 163 Å². The molecule has 0 heterocycles. The van der Waals surface area contributed by atoms with Crippen LogP contribution in [0.15, 0.2) is 12.2 Å². The number of hydrogen-bond acceptors (Lipinski definition) is 2. The van der Waals surface area contributed by atoms with Crippen molar-refractivity contribution in [1.82, 2.24) is 0 Å². The van der Waals surface area contributed by atoms with Crippen molar-refractivity contribution in [1.29, 1.82) is 0 Å². The Morgan fingerprint density at radius 1 is 0.647 bits per heavy atom. The molecule has 0 N–H and O–H groups in total. The summed E-state index contributed by atoms with van der Waals surface area (Å²) in [5.41, 5.74) is 0.512. The fraction of sp³-hybridized carbons (Fsp3) is 0.906. The third-order valence-corrected chi connectivity index (χ3v) is 7.44. The van der Waals surface area contributed by atoms with Gasteiger partial charge in [0.1, 0.15) is 0 Å². The molecule has 0 aliphatic carbocycles. The number of esters is 1. The Labute approximate surface area is 215 Å². The van der Waals surface area contributed by atoms with E-state index in [4.69, 9.17) is 4.74 Å². The lowest BCUT2D eigenvalue weighted by atomic mass is 9.87. The maximum atomic E-state index is 11.9. The van der Waals surface area contributed by atoms with Crippen molar-refractivity contribution in [3.8, 4) is 0 Å². The van der Waals surface area contributed by atoms with Crippen LogP contribution in [0.2, 0.25) is 0 Å². The number of ether oxygens (including phenoxy) is 1. The summed E-state index contributed by atoms with van der Waals surface area (Å²) in [6.07, 6.45) is 27.1. The highest BCUT2D eigenvalue weighted by atomic mass is 16.5. The molecule has 0 spiro atoms. The fourth-order valence-electron chi connectivity index (χ4n) is 5.07. The van der Waals surface area contributed by atoms with E-state index in [1.807, 2.05) is 0 Å². The standard InChI is InChI=1S/C32H62O2/c1-7-9-11-13-15-17-19-22-29(5)24-21-25-31(27-34-32(33)28(3)4)26-30(6)23-20-18-16-14-12-10-8-2/h29-31H,3,7-27H2,1-2,4-6H3. The van der Waals surface area contributed by atoms with Gasteiger partial charge >= 0.3 is 5.97 Å². The topological polar surface area (TPSA) is 26.3 Å². The van der Waals surface area contributed by atoms with Crippen LogP contribution >= 0.6 is 0 Å². The second-order valence-electron chi connectivity index (χ2n) is 11.4. The molecular weight excluding hydrogens is 416 g/mol. The summed E-state index contributed by atoms with van der Waals surface area (Å²) in [6, 6.07) is 0. The summed E-state index contributed by atoms with van der Waals surface area (Å²) in [5.74, 6) is 1.80. The van der Waals surface area contributed by atoms with Crippen LogP contribution in [0.5, 0.6) is 0 Å². The molecule has 2 nitrogen and oxygen atoms in total. The third kappa shape index (κ3) is 21.7. The number of carbonyl (C=O) groups is 1. The first-order valence-corrected chi connectivity index (χ1v) is 15.2. The highest BCUT2D eigenvalue weighted by Crippen LogP contribution is 2.25. The van der Waals surface area contributed by atoms with Crippen LogP contribution in [-0.4, -0.2) is 12.6 Å². The third-order valence-electron chi connectivity index (χ3n) is 7.44. The van der Waals surface area contributed by atoms with Crippen LogP contribution < -0.4 is 0 Å². The van der Waals surface area contributed by atoms with Gasteiger partial charge in [-0.25, -0.2) is 4.79 Å². The van der Waals surface area contributed by atoms with E-state index >= 15 is 0 Å². The van der Waals surface area contributed by atoms with Gasteiger partial charge in [0.05, 0.1) is 6.61 Å². The Hall–Kier alpha value is -0.790. The van der Waals surface area contributed by atoms with Crippen molar-refractivity contribution in [2.24, 2.45) is 17.8 Å². The van der Waals surface area contributed by atoms with E-state index < -0.39 is 0 Å². The van der Waals surface area contributed by atoms with E-state index in [0.717, 1.165) is 5.92 Å². The highest BCUT2D eigenvalue weighted by molar-refractivity contribution is 5.86. The lowest BCUT2D eigenvalue weighted by Gasteiger charge is -2.22. The van der Waals surface area contributed by atoms with Gasteiger partial charge in [-0.05, 0) is 37.5 Å². The molecule has 0 saturated heterocycles. The van der Waals surface area contributed by atoms with Crippen molar-refractivity contribution in [3.05, 3.63) is 12.2 Å². The first-order valence-electron chi connectivity index (χ1n) is 15.2. The molecule has 0 aromatic heterocycles. The number of unbranched alkanes of at least 4 members (excludes halogenated alkanes) is 12. The Morgan fingerprint density at radius 3 is 1.59 bits per heavy atom. The summed E-state index contributed by atoms with van der Waals surface area (Å²) >= 11 is 0. The van der Waals surface area contributed by atoms with Crippen molar-refractivity contribution >= 4 is 5.97 Å². The zero-order valence-corrected chi connectivity index (χ0v) is 24.1. The lowest BCUT2D eigenvalue weighted by Crippen LogP contribution is -2.17. The number of carbonyl (C=O) groups excluding carboxylic acids is 1. The predicted octanol–water partition coefficient (Wildman–Crippen LogP) is 10.8. The van der Waals surface area contributed by atoms with E-state index in [1.54, 1.807) is 6.92 Å². The van der Waals surface area contributed by atoms with Crippen LogP contribution in [0.3, 0.4) is 0 Å². The summed E-state index contributed by atoms with van der Waals surface area (Å²) in [5, 5.41) is 0. The predicted molar refractivity (Wildman–Crippen MR) is 151 cm³/mol. The van der Waals surface area contributed by atoms with Crippen molar-refractivity contribution in [3.63, 3.8) is 0 Å². The molecule has 202 valence electrons. The lowest BCUT2D eigenvalue weighted by molar-refractivity contribution is -0.140. The Bertz CT molecular complexity index is 470. The van der Waals surface area contributed by atoms with Gasteiger partial charge in [0.2, 0.25) is 0 Å². The molecule has 0 aliphatic heterocycles. The quantitative estimate of drug-likeness (QED) is 0.0740. The van der Waals surface area contributed by atoms with E-state index in [0.29, 0.717) is 24.0 Å². The van der Waals surface area contributed by atoms with Gasteiger partial charge in [-0.1, -0.05) is 150 Å². The van der Waals surface area contributed by atoms with Gasteiger partial charge in [-0.15, -0.1) is 0 Å². The first kappa shape index (κ1) is 33.2. The molecule has 0 aromatic rings. The highest BCUT2D eigenvalue weighted by Gasteiger charge is 2.17. The first-order chi connectivity index (χ1) is 16.4. The number of hydrogen-bond donors (Lipinski definition) is 0. The minimum absolute atomic E-state index is 0.225. The maximum Gasteiger partial charge on any atom is 0.333 e. The van der Waals surface area contributed by atoms with Gasteiger partial charge in [0, 0.05) is 5.57 Å². The zero-order valence-electron chi connectivity index (χ0n) is 24.1. The van der Waals surface area contributed by atoms with Gasteiger partial charge in [0.15, 0.2) is 0 Å². The molecular formula is C32H62O2. The summed E-state index contributed by atoms with van der Waals surface area (Å²) < 4.78 is 5.59. The van der Waals surface area contributed by atoms with E-state index in [-0.39, 0.29) is 5.97 Å². The Balaban J connectivity index is 4.18. The minimum atomic E-state index is -0.225. The average Bonchev–Trinajstić information content (AvgIpc) is 2.80. The SMILES string of the molecule is C=C(C)C(=O)OCC(CCCC(C)CCCCCCCCC)CC(C)CCCCCCCCC. The molecule has 2 heteroatoms. The average molecular weight is 479 g/mol. The molecule has 0 bridgehead atoms. The van der Waals surface area contributed by atoms with E-state index in [9.17, 15) is 4.79 Å². The smallest absolute Gasteiger partial charge is 0.333 e. The maximum absolute atomic E-state index is 11.9. The van der Waals surface area contributed by atoms with Crippen LogP contribution in [0.1, 0.15) is 163 Å². The van der Waals surface area contributed by atoms with Crippen molar-refractivity contribution < 1.29 is 9.53 Å². The van der Waals surface area contributed by atoms with Crippen LogP contribution in [0.4, 0.5) is 0 Å². The van der Waals surface area contributed by atoms with Gasteiger partial charge in [-0.3, -0.25) is 0 Å². The van der Waals surface area contributed by atoms with Gasteiger partial charge in [0.25, 0.3) is 0 Å². The van der Waals surface area contributed by atoms with Crippen LogP contribution in [-0.2, 0) is 9.53 Å². The molecule has 34 heavy (non-hydrogen) atoms. The van der Waals surface area contributed by atoms with Gasteiger partial charge in [-0.2, -0.15) is 0 Å². The second-order valence-corrected chi connectivity index (χ2v) is 11.4. The Morgan fingerprint density at radius 2 is 1.09 bits per heavy atom. The molecule has 0 fully saturated rings. The molecule has 0 aromatic carbocycles. The normalized spacial score (nSPS) is 14.0. The summed E-state index contributed by atoms with van der Waals surface area (Å²) in [7, 11) is 0. The van der Waals surface area contributed by atoms with Gasteiger partial charge < -0.3 is 4.74 Å². The molecule has 0 amide bonds. The summed E-state index contributed by atoms with van der Waals surface area (Å²) in [6.45, 7) is 15.4. The Kier molecular flexibility index (Phi) is 23.4. The molecule has 0 rings (SSSR count). The van der Waals surface area contributed by atoms with Crippen molar-refractivity contribution in [2.75, 3.05) is 6.61 Å². The summed E-state index contributed by atoms with van der Waals surface area (Å²) in [4.78, 5) is 11.9. The molecule has 0 saturated carbocycles. The molecule has 0 aliphatic rings. The molecule has 0 radical (unpaired) electrons.